The van der Waals surface area contributed by atoms with Gasteiger partial charge in [-0.25, -0.2) is 4.39 Å². The SMILES string of the molecule is O=C(O)CC(O)C(O)c1cc(Cl)c(F)c(Cl)c1. The van der Waals surface area contributed by atoms with Crippen molar-refractivity contribution in [1.29, 1.82) is 0 Å². The molecule has 0 amide bonds. The molecule has 0 bridgehead atoms. The average molecular weight is 283 g/mol. The number of carbonyl (C=O) groups is 1. The van der Waals surface area contributed by atoms with Gasteiger partial charge in [0.25, 0.3) is 0 Å². The van der Waals surface area contributed by atoms with Gasteiger partial charge in [0.1, 0.15) is 6.10 Å². The number of halogens is 3. The lowest BCUT2D eigenvalue weighted by Gasteiger charge is -2.17. The summed E-state index contributed by atoms with van der Waals surface area (Å²) in [5, 5.41) is 26.8. The van der Waals surface area contributed by atoms with Crippen LogP contribution in [0.2, 0.25) is 10.0 Å². The fourth-order valence-electron chi connectivity index (χ4n) is 1.26. The normalized spacial score (nSPS) is 14.4. The second-order valence-corrected chi connectivity index (χ2v) is 4.22. The minimum Gasteiger partial charge on any atom is -0.481 e. The molecule has 0 radical (unpaired) electrons. The van der Waals surface area contributed by atoms with Gasteiger partial charge in [-0.3, -0.25) is 4.79 Å². The number of benzene rings is 1. The lowest BCUT2D eigenvalue weighted by molar-refractivity contribution is -0.141. The van der Waals surface area contributed by atoms with Gasteiger partial charge in [0.2, 0.25) is 0 Å². The molecule has 94 valence electrons. The highest BCUT2D eigenvalue weighted by Gasteiger charge is 2.23. The summed E-state index contributed by atoms with van der Waals surface area (Å²) in [6.45, 7) is 0. The minimum atomic E-state index is -1.52. The van der Waals surface area contributed by atoms with Crippen molar-refractivity contribution in [3.63, 3.8) is 0 Å². The lowest BCUT2D eigenvalue weighted by Crippen LogP contribution is -2.21. The van der Waals surface area contributed by atoms with Gasteiger partial charge in [-0.05, 0) is 17.7 Å². The molecule has 1 aromatic rings. The molecule has 17 heavy (non-hydrogen) atoms. The molecule has 0 spiro atoms. The van der Waals surface area contributed by atoms with Crippen LogP contribution in [0.3, 0.4) is 0 Å². The van der Waals surface area contributed by atoms with Gasteiger partial charge in [0.05, 0.1) is 22.6 Å². The van der Waals surface area contributed by atoms with Gasteiger partial charge in [-0.1, -0.05) is 23.2 Å². The van der Waals surface area contributed by atoms with Gasteiger partial charge in [-0.15, -0.1) is 0 Å². The predicted molar refractivity (Wildman–Crippen MR) is 59.6 cm³/mol. The van der Waals surface area contributed by atoms with E-state index >= 15 is 0 Å². The Morgan fingerprint density at radius 2 is 1.76 bits per heavy atom. The van der Waals surface area contributed by atoms with Crippen molar-refractivity contribution < 1.29 is 24.5 Å². The topological polar surface area (TPSA) is 77.8 Å². The predicted octanol–water partition coefficient (Wildman–Crippen LogP) is 2.00. The number of carboxylic acid groups (broad SMARTS) is 1. The molecule has 4 nitrogen and oxygen atoms in total. The largest absolute Gasteiger partial charge is 0.481 e. The molecule has 0 aliphatic heterocycles. The second-order valence-electron chi connectivity index (χ2n) is 3.41. The Morgan fingerprint density at radius 3 is 2.18 bits per heavy atom. The smallest absolute Gasteiger partial charge is 0.306 e. The van der Waals surface area contributed by atoms with E-state index in [1.165, 1.54) is 0 Å². The fraction of sp³-hybridized carbons (Fsp3) is 0.300. The molecular weight excluding hydrogens is 274 g/mol. The van der Waals surface area contributed by atoms with Crippen LogP contribution in [0, 0.1) is 5.82 Å². The Bertz CT molecular complexity index is 415. The van der Waals surface area contributed by atoms with Crippen LogP contribution in [0.5, 0.6) is 0 Å². The quantitative estimate of drug-likeness (QED) is 0.738. The number of aliphatic hydroxyl groups is 2. The molecule has 0 aliphatic carbocycles. The van der Waals surface area contributed by atoms with Crippen LogP contribution in [0.1, 0.15) is 18.1 Å². The summed E-state index contributed by atoms with van der Waals surface area (Å²) in [5.74, 6) is -2.10. The molecule has 2 unspecified atom stereocenters. The summed E-state index contributed by atoms with van der Waals surface area (Å²) in [5.41, 5.74) is 0.0511. The highest BCUT2D eigenvalue weighted by Crippen LogP contribution is 2.29. The third kappa shape index (κ3) is 3.54. The molecule has 0 saturated heterocycles. The van der Waals surface area contributed by atoms with E-state index in [1.807, 2.05) is 0 Å². The van der Waals surface area contributed by atoms with Gasteiger partial charge in [-0.2, -0.15) is 0 Å². The monoisotopic (exact) mass is 282 g/mol. The Kier molecular flexibility index (Phi) is 4.70. The van der Waals surface area contributed by atoms with Crippen molar-refractivity contribution in [1.82, 2.24) is 0 Å². The van der Waals surface area contributed by atoms with Crippen molar-refractivity contribution in [2.24, 2.45) is 0 Å². The van der Waals surface area contributed by atoms with Crippen LogP contribution in [0.25, 0.3) is 0 Å². The summed E-state index contributed by atoms with van der Waals surface area (Å²) in [7, 11) is 0. The first-order valence-corrected chi connectivity index (χ1v) is 5.31. The first-order chi connectivity index (χ1) is 7.82. The standard InChI is InChI=1S/C10H9Cl2FO4/c11-5-1-4(2-6(12)9(5)13)10(17)7(14)3-8(15)16/h1-2,7,10,14,17H,3H2,(H,15,16). The fourth-order valence-corrected chi connectivity index (χ4v) is 1.76. The highest BCUT2D eigenvalue weighted by molar-refractivity contribution is 6.35. The first-order valence-electron chi connectivity index (χ1n) is 4.55. The molecule has 0 saturated carbocycles. The summed E-state index contributed by atoms with van der Waals surface area (Å²) in [6.07, 6.45) is -3.67. The summed E-state index contributed by atoms with van der Waals surface area (Å²) < 4.78 is 13.1. The van der Waals surface area contributed by atoms with Crippen LogP contribution in [0.4, 0.5) is 4.39 Å². The van der Waals surface area contributed by atoms with Crippen molar-refractivity contribution in [3.05, 3.63) is 33.6 Å². The summed E-state index contributed by atoms with van der Waals surface area (Å²) >= 11 is 11.0. The number of carboxylic acids is 1. The molecule has 1 rings (SSSR count). The molecule has 1 aromatic carbocycles. The van der Waals surface area contributed by atoms with Crippen molar-refractivity contribution in [2.75, 3.05) is 0 Å². The molecule has 0 heterocycles. The van der Waals surface area contributed by atoms with Crippen LogP contribution in [-0.2, 0) is 4.79 Å². The second kappa shape index (κ2) is 5.64. The summed E-state index contributed by atoms with van der Waals surface area (Å²) in [6, 6.07) is 2.16. The van der Waals surface area contributed by atoms with E-state index in [1.54, 1.807) is 0 Å². The zero-order valence-electron chi connectivity index (χ0n) is 8.40. The van der Waals surface area contributed by atoms with E-state index in [0.717, 1.165) is 12.1 Å². The maximum atomic E-state index is 13.1. The Hall–Kier alpha value is -0.880. The van der Waals surface area contributed by atoms with E-state index in [2.05, 4.69) is 0 Å². The van der Waals surface area contributed by atoms with E-state index in [9.17, 15) is 19.4 Å². The maximum absolute atomic E-state index is 13.1. The van der Waals surface area contributed by atoms with Gasteiger partial charge < -0.3 is 15.3 Å². The molecule has 7 heteroatoms. The number of aliphatic hydroxyl groups excluding tert-OH is 2. The zero-order valence-corrected chi connectivity index (χ0v) is 9.91. The van der Waals surface area contributed by atoms with Crippen molar-refractivity contribution >= 4 is 29.2 Å². The first kappa shape index (κ1) is 14.2. The Labute approximate surface area is 106 Å². The van der Waals surface area contributed by atoms with E-state index < -0.39 is 30.4 Å². The third-order valence-electron chi connectivity index (χ3n) is 2.10. The molecule has 3 N–H and O–H groups in total. The zero-order chi connectivity index (χ0) is 13.2. The highest BCUT2D eigenvalue weighted by atomic mass is 35.5. The van der Waals surface area contributed by atoms with E-state index in [4.69, 9.17) is 28.3 Å². The van der Waals surface area contributed by atoms with E-state index in [0.29, 0.717) is 0 Å². The lowest BCUT2D eigenvalue weighted by atomic mass is 10.0. The van der Waals surface area contributed by atoms with Crippen LogP contribution >= 0.6 is 23.2 Å². The van der Waals surface area contributed by atoms with Crippen molar-refractivity contribution in [2.45, 2.75) is 18.6 Å². The number of aliphatic carboxylic acids is 1. The molecule has 0 aliphatic rings. The maximum Gasteiger partial charge on any atom is 0.306 e. The minimum absolute atomic E-state index is 0.0511. The number of hydrogen-bond donors (Lipinski definition) is 3. The summed E-state index contributed by atoms with van der Waals surface area (Å²) in [4.78, 5) is 10.4. The average Bonchev–Trinajstić information content (AvgIpc) is 2.23. The molecule has 2 atom stereocenters. The molecule has 0 aromatic heterocycles. The Morgan fingerprint density at radius 1 is 1.29 bits per heavy atom. The third-order valence-corrected chi connectivity index (χ3v) is 2.65. The van der Waals surface area contributed by atoms with Gasteiger partial charge in [0, 0.05) is 0 Å². The van der Waals surface area contributed by atoms with Crippen molar-refractivity contribution in [3.8, 4) is 0 Å². The number of hydrogen-bond acceptors (Lipinski definition) is 3. The molecule has 0 fully saturated rings. The Balaban J connectivity index is 2.96. The van der Waals surface area contributed by atoms with Crippen LogP contribution in [0.15, 0.2) is 12.1 Å². The van der Waals surface area contributed by atoms with Crippen LogP contribution in [-0.4, -0.2) is 27.4 Å². The van der Waals surface area contributed by atoms with Crippen LogP contribution < -0.4 is 0 Å². The molecular formula is C10H9Cl2FO4. The van der Waals surface area contributed by atoms with E-state index in [-0.39, 0.29) is 15.6 Å². The van der Waals surface area contributed by atoms with Gasteiger partial charge in [0.15, 0.2) is 5.82 Å². The number of rotatable bonds is 4. The van der Waals surface area contributed by atoms with Gasteiger partial charge >= 0.3 is 5.97 Å².